The Labute approximate surface area is 166 Å². The molecule has 1 amide bonds. The first-order valence-electron chi connectivity index (χ1n) is 9.31. The molecule has 0 saturated heterocycles. The van der Waals surface area contributed by atoms with E-state index >= 15 is 0 Å². The van der Waals surface area contributed by atoms with Gasteiger partial charge in [-0.25, -0.2) is 0 Å². The molecule has 0 atom stereocenters. The largest absolute Gasteiger partial charge is 0.416 e. The van der Waals surface area contributed by atoms with Gasteiger partial charge in [-0.05, 0) is 49.6 Å². The SMILES string of the molecule is CCc1cccc(C)c1NC(=O)c1cn(CC)c2ccc(C(F)(F)F)cc2c1=O. The Morgan fingerprint density at radius 2 is 1.86 bits per heavy atom. The van der Waals surface area contributed by atoms with Crippen LogP contribution in [-0.2, 0) is 19.1 Å². The molecule has 0 aliphatic rings. The fourth-order valence-electron chi connectivity index (χ4n) is 3.38. The number of hydrogen-bond acceptors (Lipinski definition) is 2. The molecular weight excluding hydrogens is 381 g/mol. The Morgan fingerprint density at radius 3 is 2.48 bits per heavy atom. The molecule has 2 aromatic carbocycles. The number of para-hydroxylation sites is 1. The lowest BCUT2D eigenvalue weighted by atomic mass is 10.0. The van der Waals surface area contributed by atoms with Crippen molar-refractivity contribution in [3.8, 4) is 0 Å². The van der Waals surface area contributed by atoms with Crippen molar-refractivity contribution in [1.29, 1.82) is 0 Å². The summed E-state index contributed by atoms with van der Waals surface area (Å²) >= 11 is 0. The van der Waals surface area contributed by atoms with E-state index in [-0.39, 0.29) is 10.9 Å². The summed E-state index contributed by atoms with van der Waals surface area (Å²) in [6, 6.07) is 8.61. The highest BCUT2D eigenvalue weighted by atomic mass is 19.4. The quantitative estimate of drug-likeness (QED) is 0.655. The number of aryl methyl sites for hydroxylation is 3. The van der Waals surface area contributed by atoms with Crippen molar-refractivity contribution in [3.05, 3.63) is 75.1 Å². The lowest BCUT2D eigenvalue weighted by molar-refractivity contribution is -0.137. The molecule has 3 aromatic rings. The van der Waals surface area contributed by atoms with Crippen molar-refractivity contribution in [1.82, 2.24) is 4.57 Å². The van der Waals surface area contributed by atoms with Gasteiger partial charge in [0.05, 0.1) is 11.1 Å². The molecule has 0 bridgehead atoms. The third-order valence-corrected chi connectivity index (χ3v) is 4.97. The van der Waals surface area contributed by atoms with Crippen molar-refractivity contribution >= 4 is 22.5 Å². The average molecular weight is 402 g/mol. The number of carbonyl (C=O) groups is 1. The summed E-state index contributed by atoms with van der Waals surface area (Å²) < 4.78 is 41.0. The smallest absolute Gasteiger partial charge is 0.347 e. The van der Waals surface area contributed by atoms with Crippen LogP contribution in [0.4, 0.5) is 18.9 Å². The molecule has 3 rings (SSSR count). The fourth-order valence-corrected chi connectivity index (χ4v) is 3.38. The van der Waals surface area contributed by atoms with E-state index in [1.807, 2.05) is 32.0 Å². The van der Waals surface area contributed by atoms with Crippen molar-refractivity contribution in [2.75, 3.05) is 5.32 Å². The second kappa shape index (κ2) is 7.73. The molecule has 0 fully saturated rings. The Bertz CT molecular complexity index is 1150. The second-order valence-electron chi connectivity index (χ2n) is 6.80. The van der Waals surface area contributed by atoms with E-state index in [2.05, 4.69) is 5.32 Å². The minimum atomic E-state index is -4.58. The van der Waals surface area contributed by atoms with Crippen molar-refractivity contribution in [3.63, 3.8) is 0 Å². The Hall–Kier alpha value is -3.09. The number of nitrogens with one attached hydrogen (secondary N) is 1. The number of nitrogens with zero attached hydrogens (tertiary/aromatic N) is 1. The second-order valence-corrected chi connectivity index (χ2v) is 6.80. The van der Waals surface area contributed by atoms with Gasteiger partial charge in [0.1, 0.15) is 5.56 Å². The van der Waals surface area contributed by atoms with Crippen molar-refractivity contribution in [2.24, 2.45) is 0 Å². The van der Waals surface area contributed by atoms with Crippen molar-refractivity contribution < 1.29 is 18.0 Å². The van der Waals surface area contributed by atoms with Gasteiger partial charge in [0, 0.05) is 23.8 Å². The molecule has 0 aliphatic carbocycles. The number of amides is 1. The van der Waals surface area contributed by atoms with Crippen LogP contribution < -0.4 is 10.7 Å². The number of fused-ring (bicyclic) bond motifs is 1. The van der Waals surface area contributed by atoms with Gasteiger partial charge in [-0.2, -0.15) is 13.2 Å². The van der Waals surface area contributed by atoms with Crippen LogP contribution in [0.25, 0.3) is 10.9 Å². The summed E-state index contributed by atoms with van der Waals surface area (Å²) in [6.07, 6.45) is -2.49. The number of pyridine rings is 1. The van der Waals surface area contributed by atoms with Gasteiger partial charge in [0.25, 0.3) is 5.91 Å². The van der Waals surface area contributed by atoms with Gasteiger partial charge >= 0.3 is 6.18 Å². The highest BCUT2D eigenvalue weighted by Crippen LogP contribution is 2.31. The molecule has 1 heterocycles. The van der Waals surface area contributed by atoms with Crippen LogP contribution in [0.2, 0.25) is 0 Å². The van der Waals surface area contributed by atoms with Crippen LogP contribution in [0.15, 0.2) is 47.4 Å². The van der Waals surface area contributed by atoms with Gasteiger partial charge in [-0.3, -0.25) is 9.59 Å². The van der Waals surface area contributed by atoms with Crippen molar-refractivity contribution in [2.45, 2.75) is 39.9 Å². The van der Waals surface area contributed by atoms with Gasteiger partial charge in [-0.1, -0.05) is 25.1 Å². The lowest BCUT2D eigenvalue weighted by Gasteiger charge is -2.15. The average Bonchev–Trinajstić information content (AvgIpc) is 2.68. The van der Waals surface area contributed by atoms with Crippen LogP contribution in [0.3, 0.4) is 0 Å². The molecule has 1 N–H and O–H groups in total. The molecule has 7 heteroatoms. The predicted molar refractivity (Wildman–Crippen MR) is 107 cm³/mol. The van der Waals surface area contributed by atoms with Crippen LogP contribution in [0, 0.1) is 6.92 Å². The minimum Gasteiger partial charge on any atom is -0.347 e. The van der Waals surface area contributed by atoms with Gasteiger partial charge in [-0.15, -0.1) is 0 Å². The summed E-state index contributed by atoms with van der Waals surface area (Å²) in [4.78, 5) is 25.8. The zero-order valence-electron chi connectivity index (χ0n) is 16.4. The first-order valence-corrected chi connectivity index (χ1v) is 9.31. The molecule has 4 nitrogen and oxygen atoms in total. The third-order valence-electron chi connectivity index (χ3n) is 4.97. The standard InChI is InChI=1S/C22H21F3N2O2/c1-4-14-8-6-7-13(3)19(14)26-21(29)17-12-27(5-2)18-10-9-15(22(23,24)25)11-16(18)20(17)28/h6-12H,4-5H2,1-3H3,(H,26,29). The maximum absolute atomic E-state index is 13.1. The van der Waals surface area contributed by atoms with E-state index in [0.717, 1.165) is 23.3 Å². The first-order chi connectivity index (χ1) is 13.7. The van der Waals surface area contributed by atoms with Gasteiger partial charge in [0.15, 0.2) is 0 Å². The summed E-state index contributed by atoms with van der Waals surface area (Å²) in [5, 5.41) is 2.64. The Morgan fingerprint density at radius 1 is 1.14 bits per heavy atom. The van der Waals surface area contributed by atoms with Crippen LogP contribution in [0.5, 0.6) is 0 Å². The van der Waals surface area contributed by atoms with Crippen LogP contribution >= 0.6 is 0 Å². The molecule has 152 valence electrons. The van der Waals surface area contributed by atoms with E-state index in [9.17, 15) is 22.8 Å². The maximum Gasteiger partial charge on any atom is 0.416 e. The summed E-state index contributed by atoms with van der Waals surface area (Å²) in [5.41, 5.74) is 0.889. The van der Waals surface area contributed by atoms with E-state index in [1.165, 1.54) is 12.3 Å². The van der Waals surface area contributed by atoms with Crippen LogP contribution in [0.1, 0.15) is 40.9 Å². The Balaban J connectivity index is 2.16. The van der Waals surface area contributed by atoms with E-state index in [0.29, 0.717) is 24.2 Å². The van der Waals surface area contributed by atoms with Gasteiger partial charge < -0.3 is 9.88 Å². The first kappa shape index (κ1) is 20.6. The topological polar surface area (TPSA) is 51.1 Å². The number of rotatable bonds is 4. The highest BCUT2D eigenvalue weighted by molar-refractivity contribution is 6.06. The lowest BCUT2D eigenvalue weighted by Crippen LogP contribution is -2.25. The molecule has 0 spiro atoms. The number of hydrogen-bond donors (Lipinski definition) is 1. The normalized spacial score (nSPS) is 11.7. The number of alkyl halides is 3. The van der Waals surface area contributed by atoms with Crippen LogP contribution in [-0.4, -0.2) is 10.5 Å². The third kappa shape index (κ3) is 3.90. The summed E-state index contributed by atoms with van der Waals surface area (Å²) in [6.45, 7) is 5.98. The molecule has 0 radical (unpaired) electrons. The molecular formula is C22H21F3N2O2. The number of anilines is 1. The highest BCUT2D eigenvalue weighted by Gasteiger charge is 2.31. The number of carbonyl (C=O) groups excluding carboxylic acids is 1. The maximum atomic E-state index is 13.1. The summed E-state index contributed by atoms with van der Waals surface area (Å²) in [5.74, 6) is -0.638. The van der Waals surface area contributed by atoms with E-state index < -0.39 is 23.1 Å². The number of benzene rings is 2. The fraction of sp³-hybridized carbons (Fsp3) is 0.273. The van der Waals surface area contributed by atoms with E-state index in [4.69, 9.17) is 0 Å². The minimum absolute atomic E-state index is 0.130. The molecule has 29 heavy (non-hydrogen) atoms. The zero-order chi connectivity index (χ0) is 21.3. The predicted octanol–water partition coefficient (Wildman–Crippen LogP) is 5.16. The number of halogens is 3. The molecule has 1 aromatic heterocycles. The van der Waals surface area contributed by atoms with Gasteiger partial charge in [0.2, 0.25) is 5.43 Å². The Kier molecular flexibility index (Phi) is 5.50. The summed E-state index contributed by atoms with van der Waals surface area (Å²) in [7, 11) is 0. The molecule has 0 unspecified atom stereocenters. The number of aromatic nitrogens is 1. The zero-order valence-corrected chi connectivity index (χ0v) is 16.4. The monoisotopic (exact) mass is 402 g/mol. The van der Waals surface area contributed by atoms with E-state index in [1.54, 1.807) is 11.5 Å². The molecule has 0 aliphatic heterocycles. The molecule has 0 saturated carbocycles.